The molecule has 0 N–H and O–H groups in total. The molecule has 0 saturated heterocycles. The Bertz CT molecular complexity index is 2360. The van der Waals surface area contributed by atoms with E-state index in [1.54, 1.807) is 0 Å². The highest BCUT2D eigenvalue weighted by molar-refractivity contribution is 7.25. The monoisotopic (exact) mass is 704 g/mol. The van der Waals surface area contributed by atoms with Gasteiger partial charge in [0.2, 0.25) is 0 Å². The first kappa shape index (κ1) is 32.2. The molecule has 2 aliphatic heterocycles. The van der Waals surface area contributed by atoms with Crippen LogP contribution in [0, 0.1) is 27.7 Å². The van der Waals surface area contributed by atoms with Crippen molar-refractivity contribution in [2.75, 3.05) is 0 Å². The first-order valence-electron chi connectivity index (χ1n) is 17.7. The third-order valence-corrected chi connectivity index (χ3v) is 13.2. The molecule has 0 saturated carbocycles. The van der Waals surface area contributed by atoms with Gasteiger partial charge >= 0.3 is 0 Å². The number of thiophene rings is 2. The summed E-state index contributed by atoms with van der Waals surface area (Å²) in [6.07, 6.45) is 8.88. The summed E-state index contributed by atoms with van der Waals surface area (Å²) in [5, 5.41) is 0. The summed E-state index contributed by atoms with van der Waals surface area (Å²) in [7, 11) is 0. The highest BCUT2D eigenvalue weighted by Gasteiger charge is 2.23. The number of nitrogens with zero attached hydrogens (tertiary/aromatic N) is 2. The number of rotatable bonds is 4. The summed E-state index contributed by atoms with van der Waals surface area (Å²) in [6.45, 7) is 9.06. The van der Waals surface area contributed by atoms with E-state index in [-0.39, 0.29) is 0 Å². The van der Waals surface area contributed by atoms with Crippen molar-refractivity contribution in [2.24, 2.45) is 0 Å². The normalized spacial score (nSPS) is 12.1. The zero-order valence-electron chi connectivity index (χ0n) is 29.6. The van der Waals surface area contributed by atoms with Crippen LogP contribution in [0.2, 0.25) is 0 Å². The van der Waals surface area contributed by atoms with Crippen LogP contribution in [0.25, 0.3) is 87.6 Å². The minimum Gasteiger partial charge on any atom is -0.248 e. The van der Waals surface area contributed by atoms with Gasteiger partial charge in [-0.25, -0.2) is 9.97 Å². The van der Waals surface area contributed by atoms with Crippen LogP contribution in [0.15, 0.2) is 121 Å². The largest absolute Gasteiger partial charge is 0.248 e. The Morgan fingerprint density at radius 3 is 0.731 bits per heavy atom. The fourth-order valence-corrected chi connectivity index (χ4v) is 10.4. The Morgan fingerprint density at radius 1 is 0.308 bits per heavy atom. The molecule has 9 rings (SSSR count). The molecule has 4 heteroatoms. The first-order valence-corrected chi connectivity index (χ1v) is 19.3. The first-order chi connectivity index (χ1) is 25.5. The molecule has 8 bridgehead atoms. The summed E-state index contributed by atoms with van der Waals surface area (Å²) in [6, 6.07) is 43.1. The van der Waals surface area contributed by atoms with Crippen LogP contribution >= 0.6 is 22.7 Å². The van der Waals surface area contributed by atoms with E-state index >= 15 is 0 Å². The predicted molar refractivity (Wildman–Crippen MR) is 227 cm³/mol. The van der Waals surface area contributed by atoms with Gasteiger partial charge in [0.15, 0.2) is 0 Å². The second-order valence-corrected chi connectivity index (χ2v) is 15.5. The van der Waals surface area contributed by atoms with Crippen molar-refractivity contribution in [3.05, 3.63) is 166 Å². The minimum absolute atomic E-state index is 0.982. The quantitative estimate of drug-likeness (QED) is 0.182. The molecular formula is C48H36N2S2. The Balaban J connectivity index is 1.56. The maximum absolute atomic E-state index is 5.54. The molecule has 0 atom stereocenters. The van der Waals surface area contributed by atoms with Crippen LogP contribution in [-0.2, 0) is 0 Å². The third kappa shape index (κ3) is 5.38. The molecule has 52 heavy (non-hydrogen) atoms. The Labute approximate surface area is 312 Å². The molecule has 0 aliphatic carbocycles. The molecule has 0 fully saturated rings. The van der Waals surface area contributed by atoms with Crippen LogP contribution in [0.5, 0.6) is 0 Å². The number of aryl methyl sites for hydroxylation is 4. The molecule has 0 spiro atoms. The van der Waals surface area contributed by atoms with Crippen LogP contribution < -0.4 is 0 Å². The molecule has 5 heterocycles. The van der Waals surface area contributed by atoms with E-state index in [9.17, 15) is 0 Å². The number of fused-ring (bicyclic) bond motifs is 8. The highest BCUT2D eigenvalue weighted by Crippen LogP contribution is 2.46. The van der Waals surface area contributed by atoms with Gasteiger partial charge in [-0.3, -0.25) is 0 Å². The van der Waals surface area contributed by atoms with Gasteiger partial charge in [-0.15, -0.1) is 22.7 Å². The van der Waals surface area contributed by atoms with Gasteiger partial charge in [0, 0.05) is 41.1 Å². The fraction of sp³-hybridized carbons (Fsp3) is 0.0833. The Hall–Kier alpha value is -5.68. The minimum atomic E-state index is 0.982. The summed E-state index contributed by atoms with van der Waals surface area (Å²) < 4.78 is 4.94. The van der Waals surface area contributed by atoms with Gasteiger partial charge in [-0.1, -0.05) is 121 Å². The maximum Gasteiger partial charge on any atom is 0.0730 e. The lowest BCUT2D eigenvalue weighted by Gasteiger charge is -2.06. The van der Waals surface area contributed by atoms with Crippen LogP contribution in [0.1, 0.15) is 45.0 Å². The van der Waals surface area contributed by atoms with Gasteiger partial charge in [0.25, 0.3) is 0 Å². The molecule has 4 aromatic carbocycles. The lowest BCUT2D eigenvalue weighted by atomic mass is 9.99. The predicted octanol–water partition coefficient (Wildman–Crippen LogP) is 14.0. The van der Waals surface area contributed by atoms with E-state index in [2.05, 4.69) is 173 Å². The van der Waals surface area contributed by atoms with Crippen LogP contribution in [0.3, 0.4) is 0 Å². The molecule has 0 amide bonds. The number of hydrogen-bond acceptors (Lipinski definition) is 4. The lowest BCUT2D eigenvalue weighted by Crippen LogP contribution is -1.88. The van der Waals surface area contributed by atoms with Crippen molar-refractivity contribution in [1.29, 1.82) is 0 Å². The number of hydrogen-bond donors (Lipinski definition) is 0. The second-order valence-electron chi connectivity index (χ2n) is 13.4. The van der Waals surface area contributed by atoms with Crippen molar-refractivity contribution < 1.29 is 0 Å². The Morgan fingerprint density at radius 2 is 0.519 bits per heavy atom. The lowest BCUT2D eigenvalue weighted by molar-refractivity contribution is 1.32. The van der Waals surface area contributed by atoms with Crippen molar-refractivity contribution in [1.82, 2.24) is 9.97 Å². The molecule has 2 aliphatic rings. The molecule has 2 nitrogen and oxygen atoms in total. The van der Waals surface area contributed by atoms with E-state index in [0.717, 1.165) is 67.3 Å². The zero-order chi connectivity index (χ0) is 35.3. The maximum atomic E-state index is 5.54. The van der Waals surface area contributed by atoms with Crippen molar-refractivity contribution in [3.8, 4) is 44.5 Å². The van der Waals surface area contributed by atoms with Gasteiger partial charge in [0.05, 0.1) is 22.8 Å². The average molecular weight is 705 g/mol. The highest BCUT2D eigenvalue weighted by atomic mass is 32.1. The molecule has 7 aromatic rings. The smallest absolute Gasteiger partial charge is 0.0730 e. The van der Waals surface area contributed by atoms with E-state index in [1.807, 2.05) is 22.7 Å². The molecule has 0 radical (unpaired) electrons. The van der Waals surface area contributed by atoms with Crippen molar-refractivity contribution >= 4 is 65.8 Å². The molecule has 250 valence electrons. The Kier molecular flexibility index (Phi) is 8.15. The summed E-state index contributed by atoms with van der Waals surface area (Å²) >= 11 is 3.71. The summed E-state index contributed by atoms with van der Waals surface area (Å²) in [5.41, 5.74) is 18.3. The van der Waals surface area contributed by atoms with Crippen molar-refractivity contribution in [2.45, 2.75) is 27.7 Å². The summed E-state index contributed by atoms with van der Waals surface area (Å²) in [4.78, 5) is 11.1. The standard InChI is InChI=1S/C48H36N2S2/c1-29-30(2)46-42(34-19-11-6-12-20-34)38-27-28-40(50-38)44(36-23-15-8-16-24-36)48-32(4)31(3)47(52-48)43(35-21-13-7-14-22-35)39-26-25-37(49-39)41(45(29)51-46)33-17-9-5-10-18-33/h5-28H,1-4H3. The van der Waals surface area contributed by atoms with Gasteiger partial charge in [-0.05, 0) is 96.5 Å². The van der Waals surface area contributed by atoms with Crippen LogP contribution in [0.4, 0.5) is 0 Å². The molecular weight excluding hydrogens is 669 g/mol. The number of benzene rings is 4. The SMILES string of the molecule is Cc1c(C)c2sc1c(-c1ccccc1)c1nc(c(-c3ccccc3)c3sc(c(C)c3C)c(-c3ccccc3)c3nc(c2-c2ccccc2)C=C3)C=C1. The topological polar surface area (TPSA) is 25.8 Å². The second kappa shape index (κ2) is 13.1. The van der Waals surface area contributed by atoms with E-state index < -0.39 is 0 Å². The zero-order valence-corrected chi connectivity index (χ0v) is 31.2. The average Bonchev–Trinajstić information content (AvgIpc) is 3.98. The van der Waals surface area contributed by atoms with Gasteiger partial charge < -0.3 is 0 Å². The third-order valence-electron chi connectivity index (χ3n) is 10.4. The van der Waals surface area contributed by atoms with Crippen molar-refractivity contribution in [3.63, 3.8) is 0 Å². The molecule has 3 aromatic heterocycles. The van der Waals surface area contributed by atoms with E-state index in [4.69, 9.17) is 9.97 Å². The van der Waals surface area contributed by atoms with Gasteiger partial charge in [0.1, 0.15) is 0 Å². The van der Waals surface area contributed by atoms with E-state index in [0.29, 0.717) is 0 Å². The van der Waals surface area contributed by atoms with Gasteiger partial charge in [-0.2, -0.15) is 0 Å². The van der Waals surface area contributed by atoms with E-state index in [1.165, 1.54) is 41.1 Å². The molecule has 0 unspecified atom stereocenters. The fourth-order valence-electron chi connectivity index (χ4n) is 7.43. The number of aromatic nitrogens is 2. The van der Waals surface area contributed by atoms with Crippen LogP contribution in [-0.4, -0.2) is 9.97 Å². The summed E-state index contributed by atoms with van der Waals surface area (Å²) in [5.74, 6) is 0.